The lowest BCUT2D eigenvalue weighted by Gasteiger charge is -2.30. The van der Waals surface area contributed by atoms with E-state index in [1.54, 1.807) is 19.2 Å². The normalized spacial score (nSPS) is 17.7. The summed E-state index contributed by atoms with van der Waals surface area (Å²) < 4.78 is 5.35. The molecule has 9 heteroatoms. The van der Waals surface area contributed by atoms with E-state index in [1.807, 2.05) is 42.2 Å². The van der Waals surface area contributed by atoms with E-state index < -0.39 is 6.04 Å². The molecule has 1 amide bonds. The van der Waals surface area contributed by atoms with E-state index in [4.69, 9.17) is 33.7 Å². The minimum absolute atomic E-state index is 0.193. The van der Waals surface area contributed by atoms with Gasteiger partial charge in [-0.1, -0.05) is 41.4 Å². The molecule has 2 aromatic rings. The lowest BCUT2D eigenvalue weighted by Crippen LogP contribution is -2.39. The van der Waals surface area contributed by atoms with Gasteiger partial charge in [0, 0.05) is 40.5 Å². The topological polar surface area (TPSA) is 92.3 Å². The Morgan fingerprint density at radius 3 is 2.78 bits per heavy atom. The molecular weight excluding hydrogens is 449 g/mol. The Morgan fingerprint density at radius 1 is 1.28 bits per heavy atom. The first kappa shape index (κ1) is 22.3. The molecule has 0 saturated heterocycles. The molecule has 3 N–H and O–H groups in total. The van der Waals surface area contributed by atoms with Gasteiger partial charge in [0.15, 0.2) is 6.04 Å². The number of rotatable bonds is 6. The van der Waals surface area contributed by atoms with Gasteiger partial charge in [-0.3, -0.25) is 4.79 Å². The first-order chi connectivity index (χ1) is 15.4. The van der Waals surface area contributed by atoms with Crippen molar-refractivity contribution in [2.75, 3.05) is 20.2 Å². The van der Waals surface area contributed by atoms with E-state index in [9.17, 15) is 4.79 Å². The van der Waals surface area contributed by atoms with Gasteiger partial charge < -0.3 is 20.7 Å². The third-order valence-corrected chi connectivity index (χ3v) is 6.01. The fourth-order valence-corrected chi connectivity index (χ4v) is 4.36. The number of amides is 1. The second kappa shape index (κ2) is 9.32. The van der Waals surface area contributed by atoms with Crippen molar-refractivity contribution in [1.29, 1.82) is 0 Å². The van der Waals surface area contributed by atoms with E-state index in [-0.39, 0.29) is 12.5 Å². The maximum atomic E-state index is 12.9. The molecule has 1 atom stereocenters. The first-order valence-corrected chi connectivity index (χ1v) is 10.9. The number of aliphatic imine (C=N–C) groups is 2. The van der Waals surface area contributed by atoms with Crippen molar-refractivity contribution in [2.24, 2.45) is 15.7 Å². The van der Waals surface area contributed by atoms with Crippen molar-refractivity contribution in [2.45, 2.75) is 19.5 Å². The van der Waals surface area contributed by atoms with Crippen molar-refractivity contribution in [3.63, 3.8) is 0 Å². The molecule has 1 unspecified atom stereocenters. The molecule has 4 rings (SSSR count). The zero-order valence-corrected chi connectivity index (χ0v) is 19.2. The highest BCUT2D eigenvalue weighted by Crippen LogP contribution is 2.36. The number of fused-ring (bicyclic) bond motifs is 1. The summed E-state index contributed by atoms with van der Waals surface area (Å²) in [6.45, 7) is 2.83. The summed E-state index contributed by atoms with van der Waals surface area (Å²) in [6.07, 6.45) is 0. The van der Waals surface area contributed by atoms with Gasteiger partial charge in [-0.05, 0) is 31.2 Å². The molecule has 0 radical (unpaired) electrons. The minimum Gasteiger partial charge on any atom is -0.496 e. The van der Waals surface area contributed by atoms with Gasteiger partial charge in [-0.15, -0.1) is 0 Å². The van der Waals surface area contributed by atoms with E-state index in [0.29, 0.717) is 29.1 Å². The van der Waals surface area contributed by atoms with Gasteiger partial charge in [0.1, 0.15) is 5.75 Å². The summed E-state index contributed by atoms with van der Waals surface area (Å²) in [6, 6.07) is 12.2. The predicted molar refractivity (Wildman–Crippen MR) is 128 cm³/mol. The zero-order valence-electron chi connectivity index (χ0n) is 17.7. The molecule has 2 aliphatic heterocycles. The first-order valence-electron chi connectivity index (χ1n) is 10.1. The molecule has 0 bridgehead atoms. The van der Waals surface area contributed by atoms with E-state index in [2.05, 4.69) is 15.3 Å². The van der Waals surface area contributed by atoms with Crippen LogP contribution in [0.25, 0.3) is 5.70 Å². The average Bonchev–Trinajstić information content (AvgIpc) is 3.20. The van der Waals surface area contributed by atoms with Crippen LogP contribution in [0.2, 0.25) is 10.0 Å². The molecule has 7 nitrogen and oxygen atoms in total. The predicted octanol–water partition coefficient (Wildman–Crippen LogP) is 3.50. The number of hydrogen-bond donors (Lipinski definition) is 2. The molecule has 166 valence electrons. The number of nitrogens with two attached hydrogens (primary N) is 1. The van der Waals surface area contributed by atoms with Gasteiger partial charge >= 0.3 is 0 Å². The van der Waals surface area contributed by atoms with E-state index >= 15 is 0 Å². The quantitative estimate of drug-likeness (QED) is 0.673. The number of nitrogens with one attached hydrogen (secondary N) is 1. The van der Waals surface area contributed by atoms with Gasteiger partial charge in [-0.25, -0.2) is 9.98 Å². The van der Waals surface area contributed by atoms with Crippen LogP contribution >= 0.6 is 23.2 Å². The summed E-state index contributed by atoms with van der Waals surface area (Å²) in [5, 5.41) is 3.99. The fourth-order valence-electron chi connectivity index (χ4n) is 3.86. The molecule has 32 heavy (non-hydrogen) atoms. The summed E-state index contributed by atoms with van der Waals surface area (Å²) in [4.78, 5) is 24.0. The lowest BCUT2D eigenvalue weighted by molar-refractivity contribution is -0.122. The van der Waals surface area contributed by atoms with Crippen LogP contribution in [0.15, 0.2) is 58.0 Å². The summed E-state index contributed by atoms with van der Waals surface area (Å²) in [5.74, 6) is 0.998. The monoisotopic (exact) mass is 471 g/mol. The number of halogens is 2. The Kier molecular flexibility index (Phi) is 6.50. The lowest BCUT2D eigenvalue weighted by atomic mass is 10.00. The number of carbonyl (C=O) groups is 1. The highest BCUT2D eigenvalue weighted by molar-refractivity contribution is 6.36. The fraction of sp³-hybridized carbons (Fsp3) is 0.261. The van der Waals surface area contributed by atoms with Gasteiger partial charge in [-0.2, -0.15) is 0 Å². The molecule has 0 aliphatic carbocycles. The van der Waals surface area contributed by atoms with Crippen LogP contribution in [-0.4, -0.2) is 48.7 Å². The molecule has 0 fully saturated rings. The molecular formula is C23H23Cl2N5O2. The molecule has 0 aromatic heterocycles. The Labute approximate surface area is 196 Å². The average molecular weight is 472 g/mol. The number of guanidine groups is 1. The number of para-hydroxylation sites is 1. The van der Waals surface area contributed by atoms with Crippen molar-refractivity contribution in [1.82, 2.24) is 10.2 Å². The third kappa shape index (κ3) is 4.24. The van der Waals surface area contributed by atoms with Crippen molar-refractivity contribution < 1.29 is 9.53 Å². The van der Waals surface area contributed by atoms with Crippen LogP contribution in [0.4, 0.5) is 0 Å². The Balaban J connectivity index is 1.59. The molecule has 2 heterocycles. The van der Waals surface area contributed by atoms with Crippen molar-refractivity contribution in [3.05, 3.63) is 69.2 Å². The SMILES string of the molecule is COc1ccccc1CNC(=O)C1CN2C(=N1)N=C(C)C(CN)=C2c1ccc(Cl)cc1Cl. The van der Waals surface area contributed by atoms with E-state index in [0.717, 1.165) is 33.9 Å². The van der Waals surface area contributed by atoms with Crippen LogP contribution < -0.4 is 15.8 Å². The van der Waals surface area contributed by atoms with Gasteiger partial charge in [0.05, 0.1) is 24.4 Å². The van der Waals surface area contributed by atoms with Crippen molar-refractivity contribution in [3.8, 4) is 5.75 Å². The number of methoxy groups -OCH3 is 1. The Bertz CT molecular complexity index is 1160. The minimum atomic E-state index is -0.616. The number of hydrogen-bond acceptors (Lipinski definition) is 6. The summed E-state index contributed by atoms with van der Waals surface area (Å²) >= 11 is 12.6. The largest absolute Gasteiger partial charge is 0.496 e. The number of ether oxygens (including phenoxy) is 1. The zero-order chi connectivity index (χ0) is 22.8. The third-order valence-electron chi connectivity index (χ3n) is 5.47. The van der Waals surface area contributed by atoms with Crippen LogP contribution in [0.5, 0.6) is 5.75 Å². The number of nitrogens with zero attached hydrogens (tertiary/aromatic N) is 3. The van der Waals surface area contributed by atoms with Crippen LogP contribution in [0, 0.1) is 0 Å². The molecule has 2 aromatic carbocycles. The van der Waals surface area contributed by atoms with Crippen LogP contribution in [-0.2, 0) is 11.3 Å². The van der Waals surface area contributed by atoms with Gasteiger partial charge in [0.2, 0.25) is 11.9 Å². The Hall–Kier alpha value is -2.87. The molecule has 2 aliphatic rings. The van der Waals surface area contributed by atoms with Gasteiger partial charge in [0.25, 0.3) is 0 Å². The highest BCUT2D eigenvalue weighted by atomic mass is 35.5. The van der Waals surface area contributed by atoms with Crippen LogP contribution in [0.1, 0.15) is 18.1 Å². The maximum Gasteiger partial charge on any atom is 0.247 e. The smallest absolute Gasteiger partial charge is 0.247 e. The summed E-state index contributed by atoms with van der Waals surface area (Å²) in [7, 11) is 1.60. The standard InChI is InChI=1S/C23H23Cl2N5O2/c1-13-17(10-26)21(16-8-7-15(24)9-18(16)25)30-12-19(29-23(30)28-13)22(31)27-11-14-5-3-4-6-20(14)32-2/h3-9,19H,10-12,26H2,1-2H3,(H,27,31). The molecule has 0 spiro atoms. The Morgan fingerprint density at radius 2 is 2.06 bits per heavy atom. The second-order valence-electron chi connectivity index (χ2n) is 7.44. The van der Waals surface area contributed by atoms with Crippen LogP contribution in [0.3, 0.4) is 0 Å². The summed E-state index contributed by atoms with van der Waals surface area (Å²) in [5.41, 5.74) is 10.1. The molecule has 0 saturated carbocycles. The number of carbonyl (C=O) groups excluding carboxylic acids is 1. The number of benzene rings is 2. The highest BCUT2D eigenvalue weighted by Gasteiger charge is 2.37. The second-order valence-corrected chi connectivity index (χ2v) is 8.28. The van der Waals surface area contributed by atoms with Crippen molar-refractivity contribution >= 4 is 46.5 Å². The maximum absolute atomic E-state index is 12.9. The van der Waals surface area contributed by atoms with E-state index in [1.165, 1.54) is 0 Å².